The van der Waals surface area contributed by atoms with Crippen LogP contribution in [0.25, 0.3) is 0 Å². The maximum Gasteiger partial charge on any atom is 0.0705 e. The second kappa shape index (κ2) is 14.1. The van der Waals surface area contributed by atoms with E-state index in [9.17, 15) is 0 Å². The van der Waals surface area contributed by atoms with E-state index in [0.717, 1.165) is 12.7 Å². The SMILES string of the molecule is COCCOCP(C)CCP(C)COCCOC. The Balaban J connectivity index is 3.32. The predicted molar refractivity (Wildman–Crippen MR) is 80.8 cm³/mol. The van der Waals surface area contributed by atoms with Gasteiger partial charge in [0.1, 0.15) is 0 Å². The number of rotatable bonds is 13. The maximum absolute atomic E-state index is 5.54. The average Bonchev–Trinajstić information content (AvgIpc) is 2.37. The van der Waals surface area contributed by atoms with Crippen LogP contribution in [0.3, 0.4) is 0 Å². The Morgan fingerprint density at radius 2 is 1.06 bits per heavy atom. The van der Waals surface area contributed by atoms with E-state index >= 15 is 0 Å². The van der Waals surface area contributed by atoms with Crippen molar-refractivity contribution < 1.29 is 18.9 Å². The summed E-state index contributed by atoms with van der Waals surface area (Å²) in [6.07, 6.45) is 4.34. The first kappa shape index (κ1) is 18.7. The molecule has 2 atom stereocenters. The van der Waals surface area contributed by atoms with Gasteiger partial charge in [0.15, 0.2) is 0 Å². The molecule has 18 heavy (non-hydrogen) atoms. The van der Waals surface area contributed by atoms with Gasteiger partial charge in [-0.15, -0.1) is 0 Å². The van der Waals surface area contributed by atoms with E-state index in [4.69, 9.17) is 18.9 Å². The highest BCUT2D eigenvalue weighted by Crippen LogP contribution is 2.38. The Bertz CT molecular complexity index is 154. The molecule has 0 bridgehead atoms. The second-order valence-corrected chi connectivity index (χ2v) is 9.05. The number of ether oxygens (including phenoxy) is 4. The van der Waals surface area contributed by atoms with Crippen molar-refractivity contribution in [2.45, 2.75) is 0 Å². The zero-order chi connectivity index (χ0) is 13.6. The van der Waals surface area contributed by atoms with E-state index < -0.39 is 0 Å². The van der Waals surface area contributed by atoms with Crippen molar-refractivity contribution in [3.63, 3.8) is 0 Å². The summed E-state index contributed by atoms with van der Waals surface area (Å²) in [5, 5.41) is 0. The third-order valence-corrected chi connectivity index (χ3v) is 5.92. The van der Waals surface area contributed by atoms with Gasteiger partial charge in [-0.1, -0.05) is 15.8 Å². The van der Waals surface area contributed by atoms with Crippen molar-refractivity contribution in [2.75, 3.05) is 79.0 Å². The van der Waals surface area contributed by atoms with Crippen molar-refractivity contribution in [2.24, 2.45) is 0 Å². The molecule has 0 aromatic carbocycles. The van der Waals surface area contributed by atoms with Gasteiger partial charge in [-0.25, -0.2) is 0 Å². The van der Waals surface area contributed by atoms with Crippen molar-refractivity contribution in [3.05, 3.63) is 0 Å². The molecule has 0 aromatic heterocycles. The van der Waals surface area contributed by atoms with E-state index in [-0.39, 0.29) is 15.8 Å². The molecule has 6 heteroatoms. The Hall–Kier alpha value is 0.700. The highest BCUT2D eigenvalue weighted by molar-refractivity contribution is 7.60. The van der Waals surface area contributed by atoms with Crippen LogP contribution in [0.1, 0.15) is 0 Å². The summed E-state index contributed by atoms with van der Waals surface area (Å²) in [5.74, 6) is 0. The van der Waals surface area contributed by atoms with Gasteiger partial charge in [-0.2, -0.15) is 0 Å². The molecule has 0 radical (unpaired) electrons. The molecule has 0 aliphatic heterocycles. The highest BCUT2D eigenvalue weighted by atomic mass is 31.1. The average molecular weight is 298 g/mol. The third-order valence-electron chi connectivity index (χ3n) is 2.35. The molecule has 0 N–H and O–H groups in total. The van der Waals surface area contributed by atoms with Crippen LogP contribution in [-0.2, 0) is 18.9 Å². The third kappa shape index (κ3) is 13.1. The van der Waals surface area contributed by atoms with E-state index in [1.807, 2.05) is 0 Å². The molecule has 0 spiro atoms. The molecule has 110 valence electrons. The number of hydrogen-bond acceptors (Lipinski definition) is 4. The standard InChI is InChI=1S/C12H28O4P2/c1-13-5-7-15-11-17(3)9-10-18(4)12-16-8-6-14-2/h5-12H2,1-4H3. The van der Waals surface area contributed by atoms with Crippen LogP contribution in [0.5, 0.6) is 0 Å². The fraction of sp³-hybridized carbons (Fsp3) is 1.00. The molecular formula is C12H28O4P2. The lowest BCUT2D eigenvalue weighted by molar-refractivity contribution is 0.0937. The number of hydrogen-bond donors (Lipinski definition) is 0. The molecule has 0 aliphatic carbocycles. The van der Waals surface area contributed by atoms with Crippen LogP contribution < -0.4 is 0 Å². The minimum atomic E-state index is 0.00680. The fourth-order valence-electron chi connectivity index (χ4n) is 1.20. The fourth-order valence-corrected chi connectivity index (χ4v) is 5.07. The highest BCUT2D eigenvalue weighted by Gasteiger charge is 2.06. The van der Waals surface area contributed by atoms with Gasteiger partial charge in [0, 0.05) is 14.2 Å². The lowest BCUT2D eigenvalue weighted by Crippen LogP contribution is -2.05. The Kier molecular flexibility index (Phi) is 14.7. The monoisotopic (exact) mass is 298 g/mol. The summed E-state index contributed by atoms with van der Waals surface area (Å²) in [6.45, 7) is 7.41. The molecule has 0 rings (SSSR count). The minimum absolute atomic E-state index is 0.00680. The summed E-state index contributed by atoms with van der Waals surface area (Å²) in [5.41, 5.74) is 0. The summed E-state index contributed by atoms with van der Waals surface area (Å²) in [4.78, 5) is 0. The molecule has 4 nitrogen and oxygen atoms in total. The molecule has 0 heterocycles. The van der Waals surface area contributed by atoms with Crippen LogP contribution in [0.2, 0.25) is 0 Å². The Labute approximate surface area is 114 Å². The first-order valence-corrected chi connectivity index (χ1v) is 10.5. The molecule has 2 unspecified atom stereocenters. The summed E-state index contributed by atoms with van der Waals surface area (Å²) in [7, 11) is 3.41. The van der Waals surface area contributed by atoms with E-state index in [2.05, 4.69) is 13.3 Å². The van der Waals surface area contributed by atoms with Crippen molar-refractivity contribution in [1.82, 2.24) is 0 Å². The van der Waals surface area contributed by atoms with Crippen LogP contribution >= 0.6 is 15.8 Å². The predicted octanol–water partition coefficient (Wildman–Crippen LogP) is 2.45. The second-order valence-electron chi connectivity index (χ2n) is 4.22. The van der Waals surface area contributed by atoms with Crippen molar-refractivity contribution >= 4 is 15.8 Å². The van der Waals surface area contributed by atoms with Gasteiger partial charge in [-0.05, 0) is 25.7 Å². The minimum Gasteiger partial charge on any atom is -0.382 e. The van der Waals surface area contributed by atoms with Gasteiger partial charge >= 0.3 is 0 Å². The topological polar surface area (TPSA) is 36.9 Å². The normalized spacial score (nSPS) is 14.7. The smallest absolute Gasteiger partial charge is 0.0705 e. The molecule has 0 aliphatic rings. The van der Waals surface area contributed by atoms with E-state index in [0.29, 0.717) is 26.4 Å². The maximum atomic E-state index is 5.54. The zero-order valence-corrected chi connectivity index (χ0v) is 14.0. The zero-order valence-electron chi connectivity index (χ0n) is 12.2. The lowest BCUT2D eigenvalue weighted by atomic mass is 10.8. The van der Waals surface area contributed by atoms with Crippen molar-refractivity contribution in [3.8, 4) is 0 Å². The Morgan fingerprint density at radius 3 is 1.39 bits per heavy atom. The lowest BCUT2D eigenvalue weighted by Gasteiger charge is -2.16. The molecular weight excluding hydrogens is 270 g/mol. The molecule has 0 saturated heterocycles. The quantitative estimate of drug-likeness (QED) is 0.386. The van der Waals surface area contributed by atoms with E-state index in [1.54, 1.807) is 14.2 Å². The largest absolute Gasteiger partial charge is 0.382 e. The number of methoxy groups -OCH3 is 2. The van der Waals surface area contributed by atoms with Crippen LogP contribution in [0.4, 0.5) is 0 Å². The van der Waals surface area contributed by atoms with Gasteiger partial charge in [0.25, 0.3) is 0 Å². The molecule has 0 aromatic rings. The van der Waals surface area contributed by atoms with Gasteiger partial charge in [0.05, 0.1) is 39.1 Å². The summed E-state index contributed by atoms with van der Waals surface area (Å²) >= 11 is 0. The molecule has 0 saturated carbocycles. The van der Waals surface area contributed by atoms with Crippen LogP contribution in [0.15, 0.2) is 0 Å². The van der Waals surface area contributed by atoms with E-state index in [1.165, 1.54) is 12.3 Å². The van der Waals surface area contributed by atoms with Gasteiger partial charge in [0.2, 0.25) is 0 Å². The summed E-state index contributed by atoms with van der Waals surface area (Å²) in [6, 6.07) is 0. The van der Waals surface area contributed by atoms with Gasteiger partial charge < -0.3 is 18.9 Å². The Morgan fingerprint density at radius 1 is 0.667 bits per heavy atom. The summed E-state index contributed by atoms with van der Waals surface area (Å²) < 4.78 is 21.0. The molecule has 0 amide bonds. The van der Waals surface area contributed by atoms with Gasteiger partial charge in [-0.3, -0.25) is 0 Å². The first-order chi connectivity index (χ1) is 8.70. The first-order valence-electron chi connectivity index (χ1n) is 6.21. The molecule has 0 fully saturated rings. The van der Waals surface area contributed by atoms with Crippen LogP contribution in [-0.4, -0.2) is 79.0 Å². The van der Waals surface area contributed by atoms with Crippen LogP contribution in [0, 0.1) is 0 Å². The van der Waals surface area contributed by atoms with Crippen molar-refractivity contribution in [1.29, 1.82) is 0 Å².